The molecular weight excluding hydrogens is 270 g/mol. The molecule has 2 unspecified atom stereocenters. The van der Waals surface area contributed by atoms with Crippen LogP contribution in [0.3, 0.4) is 0 Å². The molecule has 0 radical (unpaired) electrons. The topological polar surface area (TPSA) is 67.8 Å². The van der Waals surface area contributed by atoms with Gasteiger partial charge in [-0.15, -0.1) is 0 Å². The second-order valence-corrected chi connectivity index (χ2v) is 5.34. The summed E-state index contributed by atoms with van der Waals surface area (Å²) in [6, 6.07) is 7.29. The summed E-state index contributed by atoms with van der Waals surface area (Å²) in [4.78, 5) is 12.0. The second kappa shape index (κ2) is 7.88. The van der Waals surface area contributed by atoms with Gasteiger partial charge in [0.2, 0.25) is 0 Å². The molecule has 1 saturated carbocycles. The van der Waals surface area contributed by atoms with E-state index in [1.54, 1.807) is 19.2 Å². The fourth-order valence-electron chi connectivity index (χ4n) is 2.75. The lowest BCUT2D eigenvalue weighted by Gasteiger charge is -2.30. The molecule has 1 aromatic rings. The number of para-hydroxylation sites is 2. The molecule has 0 aromatic heterocycles. The molecule has 0 heterocycles. The van der Waals surface area contributed by atoms with E-state index in [2.05, 4.69) is 5.32 Å². The fourth-order valence-corrected chi connectivity index (χ4v) is 2.75. The molecule has 1 aliphatic rings. The first-order valence-corrected chi connectivity index (χ1v) is 7.40. The highest BCUT2D eigenvalue weighted by Crippen LogP contribution is 2.26. The zero-order valence-corrected chi connectivity index (χ0v) is 12.4. The highest BCUT2D eigenvalue weighted by Gasteiger charge is 2.25. The minimum atomic E-state index is -0.161. The normalized spacial score (nSPS) is 21.6. The maximum absolute atomic E-state index is 12.0. The zero-order chi connectivity index (χ0) is 15.1. The summed E-state index contributed by atoms with van der Waals surface area (Å²) in [7, 11) is 1.57. The van der Waals surface area contributed by atoms with Crippen molar-refractivity contribution in [2.75, 3.05) is 20.3 Å². The second-order valence-electron chi connectivity index (χ2n) is 5.34. The van der Waals surface area contributed by atoms with E-state index in [-0.39, 0.29) is 31.1 Å². The van der Waals surface area contributed by atoms with Crippen LogP contribution in [0, 0.1) is 5.92 Å². The number of carbonyl (C=O) groups excluding carboxylic acids is 1. The number of ether oxygens (including phenoxy) is 2. The van der Waals surface area contributed by atoms with Gasteiger partial charge in [-0.05, 0) is 25.0 Å². The van der Waals surface area contributed by atoms with Crippen molar-refractivity contribution in [2.45, 2.75) is 31.7 Å². The lowest BCUT2D eigenvalue weighted by Crippen LogP contribution is -2.45. The maximum atomic E-state index is 12.0. The van der Waals surface area contributed by atoms with Crippen molar-refractivity contribution in [2.24, 2.45) is 5.92 Å². The van der Waals surface area contributed by atoms with Gasteiger partial charge < -0.3 is 19.9 Å². The fraction of sp³-hybridized carbons (Fsp3) is 0.562. The van der Waals surface area contributed by atoms with E-state index in [4.69, 9.17) is 9.47 Å². The van der Waals surface area contributed by atoms with Crippen LogP contribution in [0.1, 0.15) is 25.7 Å². The summed E-state index contributed by atoms with van der Waals surface area (Å²) < 4.78 is 10.7. The first-order chi connectivity index (χ1) is 10.2. The van der Waals surface area contributed by atoms with Gasteiger partial charge in [0.15, 0.2) is 18.1 Å². The predicted octanol–water partition coefficient (Wildman–Crippen LogP) is 1.74. The summed E-state index contributed by atoms with van der Waals surface area (Å²) in [5.74, 6) is 1.16. The minimum absolute atomic E-state index is 0.0466. The van der Waals surface area contributed by atoms with E-state index in [1.807, 2.05) is 12.1 Å². The van der Waals surface area contributed by atoms with Crippen LogP contribution in [0.15, 0.2) is 24.3 Å². The van der Waals surface area contributed by atoms with Gasteiger partial charge in [0, 0.05) is 18.6 Å². The number of hydrogen-bond donors (Lipinski definition) is 2. The molecule has 2 rings (SSSR count). The number of carbonyl (C=O) groups is 1. The number of rotatable bonds is 6. The molecule has 0 aliphatic heterocycles. The third-order valence-electron chi connectivity index (χ3n) is 3.92. The Morgan fingerprint density at radius 1 is 1.29 bits per heavy atom. The third kappa shape index (κ3) is 4.36. The van der Waals surface area contributed by atoms with Gasteiger partial charge in [-0.1, -0.05) is 25.0 Å². The SMILES string of the molecule is COc1ccccc1OCC(=O)NC1CCCCC1CO. The largest absolute Gasteiger partial charge is 0.493 e. The number of benzene rings is 1. The standard InChI is InChI=1S/C16H23NO4/c1-20-14-8-4-5-9-15(14)21-11-16(19)17-13-7-3-2-6-12(13)10-18/h4-5,8-9,12-13,18H,2-3,6-7,10-11H2,1H3,(H,17,19). The molecule has 1 amide bonds. The van der Waals surface area contributed by atoms with Crippen molar-refractivity contribution in [3.63, 3.8) is 0 Å². The first-order valence-electron chi connectivity index (χ1n) is 7.40. The van der Waals surface area contributed by atoms with E-state index < -0.39 is 0 Å². The predicted molar refractivity (Wildman–Crippen MR) is 79.5 cm³/mol. The van der Waals surface area contributed by atoms with Crippen molar-refractivity contribution in [3.05, 3.63) is 24.3 Å². The molecule has 2 N–H and O–H groups in total. The average molecular weight is 293 g/mol. The van der Waals surface area contributed by atoms with E-state index in [0.29, 0.717) is 11.5 Å². The number of amides is 1. The van der Waals surface area contributed by atoms with Gasteiger partial charge in [0.1, 0.15) is 0 Å². The zero-order valence-electron chi connectivity index (χ0n) is 12.4. The Bertz CT molecular complexity index is 463. The molecule has 116 valence electrons. The number of nitrogens with one attached hydrogen (secondary N) is 1. The number of aliphatic hydroxyl groups excluding tert-OH is 1. The lowest BCUT2D eigenvalue weighted by molar-refractivity contribution is -0.124. The Kier molecular flexibility index (Phi) is 5.87. The van der Waals surface area contributed by atoms with Crippen molar-refractivity contribution in [3.8, 4) is 11.5 Å². The average Bonchev–Trinajstić information content (AvgIpc) is 2.53. The summed E-state index contributed by atoms with van der Waals surface area (Å²) in [6.45, 7) is 0.0767. The van der Waals surface area contributed by atoms with Crippen molar-refractivity contribution < 1.29 is 19.4 Å². The summed E-state index contributed by atoms with van der Waals surface area (Å²) in [6.07, 6.45) is 4.10. The molecule has 2 atom stereocenters. The molecular formula is C16H23NO4. The Morgan fingerprint density at radius 2 is 2.00 bits per heavy atom. The molecule has 1 aliphatic carbocycles. The van der Waals surface area contributed by atoms with Crippen LogP contribution in [0.25, 0.3) is 0 Å². The maximum Gasteiger partial charge on any atom is 0.258 e. The van der Waals surface area contributed by atoms with E-state index in [1.165, 1.54) is 0 Å². The Labute approximate surface area is 125 Å². The quantitative estimate of drug-likeness (QED) is 0.838. The van der Waals surface area contributed by atoms with Crippen LogP contribution < -0.4 is 14.8 Å². The third-order valence-corrected chi connectivity index (χ3v) is 3.92. The van der Waals surface area contributed by atoms with E-state index in [0.717, 1.165) is 25.7 Å². The smallest absolute Gasteiger partial charge is 0.258 e. The molecule has 5 nitrogen and oxygen atoms in total. The highest BCUT2D eigenvalue weighted by molar-refractivity contribution is 5.78. The van der Waals surface area contributed by atoms with Crippen molar-refractivity contribution in [1.29, 1.82) is 0 Å². The lowest BCUT2D eigenvalue weighted by atomic mass is 9.85. The molecule has 21 heavy (non-hydrogen) atoms. The van der Waals surface area contributed by atoms with Crippen molar-refractivity contribution in [1.82, 2.24) is 5.32 Å². The summed E-state index contributed by atoms with van der Waals surface area (Å²) in [5.41, 5.74) is 0. The first kappa shape index (κ1) is 15.6. The van der Waals surface area contributed by atoms with Crippen LogP contribution in [0.2, 0.25) is 0 Å². The molecule has 0 bridgehead atoms. The van der Waals surface area contributed by atoms with Crippen LogP contribution in [0.4, 0.5) is 0 Å². The minimum Gasteiger partial charge on any atom is -0.493 e. The van der Waals surface area contributed by atoms with Gasteiger partial charge in [0.25, 0.3) is 5.91 Å². The Morgan fingerprint density at radius 3 is 2.71 bits per heavy atom. The summed E-state index contributed by atoms with van der Waals surface area (Å²) >= 11 is 0. The summed E-state index contributed by atoms with van der Waals surface area (Å²) in [5, 5.41) is 12.3. The monoisotopic (exact) mass is 293 g/mol. The van der Waals surface area contributed by atoms with E-state index in [9.17, 15) is 9.90 Å². The molecule has 1 aromatic carbocycles. The van der Waals surface area contributed by atoms with Gasteiger partial charge >= 0.3 is 0 Å². The Hall–Kier alpha value is -1.75. The van der Waals surface area contributed by atoms with E-state index >= 15 is 0 Å². The van der Waals surface area contributed by atoms with Gasteiger partial charge in [-0.3, -0.25) is 4.79 Å². The van der Waals surface area contributed by atoms with Crippen molar-refractivity contribution >= 4 is 5.91 Å². The Balaban J connectivity index is 1.84. The van der Waals surface area contributed by atoms with Gasteiger partial charge in [-0.25, -0.2) is 0 Å². The molecule has 0 saturated heterocycles. The number of aliphatic hydroxyl groups is 1. The molecule has 5 heteroatoms. The van der Waals surface area contributed by atoms with Crippen LogP contribution >= 0.6 is 0 Å². The van der Waals surface area contributed by atoms with Crippen LogP contribution in [-0.2, 0) is 4.79 Å². The number of methoxy groups -OCH3 is 1. The van der Waals surface area contributed by atoms with Crippen LogP contribution in [-0.4, -0.2) is 37.4 Å². The number of hydrogen-bond acceptors (Lipinski definition) is 4. The van der Waals surface area contributed by atoms with Gasteiger partial charge in [-0.2, -0.15) is 0 Å². The van der Waals surface area contributed by atoms with Crippen LogP contribution in [0.5, 0.6) is 11.5 Å². The molecule has 1 fully saturated rings. The highest BCUT2D eigenvalue weighted by atomic mass is 16.5. The molecule has 0 spiro atoms. The van der Waals surface area contributed by atoms with Gasteiger partial charge in [0.05, 0.1) is 7.11 Å².